The third-order valence-electron chi connectivity index (χ3n) is 3.96. The van der Waals surface area contributed by atoms with Gasteiger partial charge in [0.1, 0.15) is 0 Å². The van der Waals surface area contributed by atoms with E-state index >= 15 is 0 Å². The summed E-state index contributed by atoms with van der Waals surface area (Å²) >= 11 is 2.05. The van der Waals surface area contributed by atoms with Crippen molar-refractivity contribution in [3.63, 3.8) is 0 Å². The van der Waals surface area contributed by atoms with Crippen LogP contribution in [0.5, 0.6) is 0 Å². The van der Waals surface area contributed by atoms with Crippen LogP contribution in [0, 0.1) is 0 Å². The van der Waals surface area contributed by atoms with Gasteiger partial charge in [0.2, 0.25) is 0 Å². The van der Waals surface area contributed by atoms with Gasteiger partial charge in [0, 0.05) is 16.5 Å². The van der Waals surface area contributed by atoms with Crippen LogP contribution in [0.25, 0.3) is 10.8 Å². The molecule has 1 N–H and O–H groups in total. The summed E-state index contributed by atoms with van der Waals surface area (Å²) in [5.74, 6) is 1.11. The van der Waals surface area contributed by atoms with Crippen LogP contribution < -0.4 is 5.32 Å². The van der Waals surface area contributed by atoms with Gasteiger partial charge in [-0.15, -0.1) is 11.8 Å². The van der Waals surface area contributed by atoms with Crippen LogP contribution in [0.1, 0.15) is 31.0 Å². The highest BCUT2D eigenvalue weighted by atomic mass is 32.2. The van der Waals surface area contributed by atoms with E-state index in [2.05, 4.69) is 62.6 Å². The van der Waals surface area contributed by atoms with Crippen LogP contribution in [0.15, 0.2) is 36.4 Å². The monoisotopic (exact) mass is 257 g/mol. The topological polar surface area (TPSA) is 12.0 Å². The molecule has 2 heteroatoms. The minimum atomic E-state index is 0.254. The summed E-state index contributed by atoms with van der Waals surface area (Å²) in [5, 5.41) is 6.26. The molecule has 0 saturated heterocycles. The first-order valence-electron chi connectivity index (χ1n) is 6.45. The molecule has 1 aliphatic rings. The quantitative estimate of drug-likeness (QED) is 0.824. The maximum Gasteiger partial charge on any atom is 0.0464 e. The number of rotatable bonds is 1. The zero-order chi connectivity index (χ0) is 12.8. The van der Waals surface area contributed by atoms with E-state index < -0.39 is 0 Å². The number of nitrogens with one attached hydrogen (secondary N) is 1. The van der Waals surface area contributed by atoms with Crippen LogP contribution in [-0.2, 0) is 5.75 Å². The molecule has 94 valence electrons. The van der Waals surface area contributed by atoms with Crippen molar-refractivity contribution in [2.75, 3.05) is 7.05 Å². The molecule has 3 rings (SSSR count). The zero-order valence-corrected chi connectivity index (χ0v) is 12.0. The Balaban J connectivity index is 2.24. The smallest absolute Gasteiger partial charge is 0.0464 e. The van der Waals surface area contributed by atoms with Gasteiger partial charge in [0.15, 0.2) is 0 Å². The Morgan fingerprint density at radius 2 is 1.94 bits per heavy atom. The molecule has 1 heterocycles. The van der Waals surface area contributed by atoms with Crippen LogP contribution in [0.3, 0.4) is 0 Å². The van der Waals surface area contributed by atoms with Gasteiger partial charge in [-0.3, -0.25) is 0 Å². The van der Waals surface area contributed by atoms with Crippen molar-refractivity contribution < 1.29 is 0 Å². The van der Waals surface area contributed by atoms with Gasteiger partial charge in [0.25, 0.3) is 0 Å². The lowest BCUT2D eigenvalue weighted by Gasteiger charge is -2.39. The summed E-state index contributed by atoms with van der Waals surface area (Å²) in [4.78, 5) is 0. The average molecular weight is 257 g/mol. The molecule has 1 nitrogen and oxygen atoms in total. The van der Waals surface area contributed by atoms with E-state index in [-0.39, 0.29) is 4.75 Å². The molecule has 0 saturated carbocycles. The van der Waals surface area contributed by atoms with Gasteiger partial charge in [-0.1, -0.05) is 36.4 Å². The molecule has 2 aromatic rings. The van der Waals surface area contributed by atoms with Crippen LogP contribution in [0.4, 0.5) is 0 Å². The number of fused-ring (bicyclic) bond motifs is 3. The lowest BCUT2D eigenvalue weighted by Crippen LogP contribution is -2.38. The predicted octanol–water partition coefficient (Wildman–Crippen LogP) is 4.13. The molecular formula is C16H19NS. The van der Waals surface area contributed by atoms with E-state index in [1.807, 2.05) is 11.8 Å². The summed E-state index contributed by atoms with van der Waals surface area (Å²) in [6.07, 6.45) is 0. The minimum Gasteiger partial charge on any atom is -0.312 e. The highest BCUT2D eigenvalue weighted by molar-refractivity contribution is 8.00. The third kappa shape index (κ3) is 1.75. The molecule has 1 atom stereocenters. The summed E-state index contributed by atoms with van der Waals surface area (Å²) in [6, 6.07) is 13.7. The van der Waals surface area contributed by atoms with Crippen molar-refractivity contribution in [2.24, 2.45) is 0 Å². The van der Waals surface area contributed by atoms with E-state index in [0.29, 0.717) is 6.04 Å². The fraction of sp³-hybridized carbons (Fsp3) is 0.375. The molecule has 1 aliphatic heterocycles. The molecule has 1 unspecified atom stereocenters. The maximum atomic E-state index is 3.49. The normalized spacial score (nSPS) is 21.8. The van der Waals surface area contributed by atoms with Gasteiger partial charge in [-0.2, -0.15) is 0 Å². The summed E-state index contributed by atoms with van der Waals surface area (Å²) in [7, 11) is 2.07. The van der Waals surface area contributed by atoms with E-state index in [0.717, 1.165) is 5.75 Å². The highest BCUT2D eigenvalue weighted by Gasteiger charge is 2.36. The molecule has 0 aliphatic carbocycles. The van der Waals surface area contributed by atoms with Crippen molar-refractivity contribution >= 4 is 22.5 Å². The summed E-state index contributed by atoms with van der Waals surface area (Å²) in [5.41, 5.74) is 2.98. The van der Waals surface area contributed by atoms with Crippen LogP contribution in [0.2, 0.25) is 0 Å². The Morgan fingerprint density at radius 3 is 2.72 bits per heavy atom. The van der Waals surface area contributed by atoms with Gasteiger partial charge in [-0.05, 0) is 42.8 Å². The van der Waals surface area contributed by atoms with E-state index in [4.69, 9.17) is 0 Å². The minimum absolute atomic E-state index is 0.254. The van der Waals surface area contributed by atoms with Gasteiger partial charge in [-0.25, -0.2) is 0 Å². The summed E-state index contributed by atoms with van der Waals surface area (Å²) < 4.78 is 0.254. The fourth-order valence-corrected chi connectivity index (χ4v) is 4.25. The van der Waals surface area contributed by atoms with Crippen LogP contribution >= 0.6 is 11.8 Å². The van der Waals surface area contributed by atoms with E-state index in [1.165, 1.54) is 21.9 Å². The molecule has 0 amide bonds. The Kier molecular flexibility index (Phi) is 2.87. The lowest BCUT2D eigenvalue weighted by molar-refractivity contribution is 0.475. The molecule has 18 heavy (non-hydrogen) atoms. The zero-order valence-electron chi connectivity index (χ0n) is 11.2. The van der Waals surface area contributed by atoms with Gasteiger partial charge >= 0.3 is 0 Å². The molecular weight excluding hydrogens is 238 g/mol. The van der Waals surface area contributed by atoms with Gasteiger partial charge < -0.3 is 5.32 Å². The third-order valence-corrected chi connectivity index (χ3v) is 5.37. The van der Waals surface area contributed by atoms with Crippen molar-refractivity contribution in [1.29, 1.82) is 0 Å². The largest absolute Gasteiger partial charge is 0.312 e. The molecule has 0 bridgehead atoms. The first-order valence-corrected chi connectivity index (χ1v) is 7.44. The Hall–Kier alpha value is -0.990. The van der Waals surface area contributed by atoms with Crippen LogP contribution in [-0.4, -0.2) is 11.8 Å². The van der Waals surface area contributed by atoms with Gasteiger partial charge in [0.05, 0.1) is 0 Å². The second kappa shape index (κ2) is 4.29. The second-order valence-electron chi connectivity index (χ2n) is 5.47. The molecule has 0 fully saturated rings. The SMILES string of the molecule is CNC1c2ccc3ccccc3c2CSC1(C)C. The summed E-state index contributed by atoms with van der Waals surface area (Å²) in [6.45, 7) is 4.66. The Labute approximate surface area is 113 Å². The fourth-order valence-electron chi connectivity index (χ4n) is 3.00. The Morgan fingerprint density at radius 1 is 1.17 bits per heavy atom. The molecule has 0 aromatic heterocycles. The van der Waals surface area contributed by atoms with Crippen molar-refractivity contribution in [2.45, 2.75) is 30.4 Å². The first kappa shape index (κ1) is 12.1. The molecule has 0 radical (unpaired) electrons. The van der Waals surface area contributed by atoms with Crippen molar-refractivity contribution in [3.05, 3.63) is 47.5 Å². The lowest BCUT2D eigenvalue weighted by atomic mass is 9.88. The maximum absolute atomic E-state index is 3.49. The van der Waals surface area contributed by atoms with E-state index in [9.17, 15) is 0 Å². The number of thioether (sulfide) groups is 1. The van der Waals surface area contributed by atoms with Crippen molar-refractivity contribution in [1.82, 2.24) is 5.32 Å². The number of benzene rings is 2. The van der Waals surface area contributed by atoms with Crippen molar-refractivity contribution in [3.8, 4) is 0 Å². The Bertz CT molecular complexity index is 589. The number of hydrogen-bond acceptors (Lipinski definition) is 2. The predicted molar refractivity (Wildman–Crippen MR) is 81.1 cm³/mol. The first-order chi connectivity index (χ1) is 8.63. The molecule has 0 spiro atoms. The standard InChI is InChI=1S/C16H19NS/c1-16(2)15(17-3)13-9-8-11-6-4-5-7-12(11)14(13)10-18-16/h4-9,15,17H,10H2,1-3H3. The highest BCUT2D eigenvalue weighted by Crippen LogP contribution is 2.47. The number of hydrogen-bond donors (Lipinski definition) is 1. The average Bonchev–Trinajstić information content (AvgIpc) is 2.37. The second-order valence-corrected chi connectivity index (χ2v) is 7.10. The molecule has 2 aromatic carbocycles. The van der Waals surface area contributed by atoms with E-state index in [1.54, 1.807) is 0 Å².